The van der Waals surface area contributed by atoms with Crippen LogP contribution in [0.3, 0.4) is 0 Å². The Bertz CT molecular complexity index is 576. The number of aliphatic carboxylic acids is 1. The molecule has 0 unspecified atom stereocenters. The average Bonchev–Trinajstić information content (AvgIpc) is 2.63. The molecule has 1 N–H and O–H groups in total. The van der Waals surface area contributed by atoms with Crippen LogP contribution in [0.4, 0.5) is 0 Å². The number of aryl methyl sites for hydroxylation is 2. The van der Waals surface area contributed by atoms with Crippen LogP contribution >= 0.6 is 0 Å². The van der Waals surface area contributed by atoms with E-state index >= 15 is 0 Å². The molecule has 2 rings (SSSR count). The van der Waals surface area contributed by atoms with Gasteiger partial charge in [-0.2, -0.15) is 5.10 Å². The molecular weight excluding hydrogens is 244 g/mol. The summed E-state index contributed by atoms with van der Waals surface area (Å²) >= 11 is 0. The number of aromatic nitrogens is 2. The normalized spacial score (nSPS) is 10.4. The van der Waals surface area contributed by atoms with E-state index in [1.54, 1.807) is 11.7 Å². The lowest BCUT2D eigenvalue weighted by molar-refractivity contribution is -0.136. The van der Waals surface area contributed by atoms with Crippen molar-refractivity contribution in [1.29, 1.82) is 0 Å². The van der Waals surface area contributed by atoms with Crippen LogP contribution in [0.1, 0.15) is 17.0 Å². The number of hydrogen-bond acceptors (Lipinski definition) is 3. The lowest BCUT2D eigenvalue weighted by Gasteiger charge is -2.07. The van der Waals surface area contributed by atoms with Crippen LogP contribution in [0.5, 0.6) is 5.75 Å². The molecule has 0 saturated heterocycles. The molecule has 0 amide bonds. The topological polar surface area (TPSA) is 64.4 Å². The van der Waals surface area contributed by atoms with E-state index in [0.717, 1.165) is 5.56 Å². The van der Waals surface area contributed by atoms with Gasteiger partial charge >= 0.3 is 5.97 Å². The number of carboxylic acids is 1. The first-order chi connectivity index (χ1) is 9.08. The molecule has 1 aromatic carbocycles. The Morgan fingerprint density at radius 3 is 2.68 bits per heavy atom. The predicted molar refractivity (Wildman–Crippen MR) is 70.1 cm³/mol. The number of ether oxygens (including phenoxy) is 1. The first kappa shape index (κ1) is 13.1. The van der Waals surface area contributed by atoms with Crippen molar-refractivity contribution in [1.82, 2.24) is 9.78 Å². The highest BCUT2D eigenvalue weighted by atomic mass is 16.5. The Hall–Kier alpha value is -2.30. The molecule has 100 valence electrons. The van der Waals surface area contributed by atoms with Crippen molar-refractivity contribution in [2.45, 2.75) is 20.0 Å². The summed E-state index contributed by atoms with van der Waals surface area (Å²) in [5.41, 5.74) is 2.32. The van der Waals surface area contributed by atoms with Gasteiger partial charge in [0.2, 0.25) is 0 Å². The quantitative estimate of drug-likeness (QED) is 0.892. The Balaban J connectivity index is 2.17. The summed E-state index contributed by atoms with van der Waals surface area (Å²) in [6.45, 7) is 2.21. The van der Waals surface area contributed by atoms with Crippen LogP contribution < -0.4 is 4.74 Å². The van der Waals surface area contributed by atoms with Crippen LogP contribution in [0, 0.1) is 6.92 Å². The largest absolute Gasteiger partial charge is 0.485 e. The molecule has 0 fully saturated rings. The highest BCUT2D eigenvalue weighted by molar-refractivity contribution is 5.70. The Labute approximate surface area is 111 Å². The molecular formula is C14H16N2O3. The van der Waals surface area contributed by atoms with E-state index in [1.165, 1.54) is 0 Å². The average molecular weight is 260 g/mol. The van der Waals surface area contributed by atoms with Crippen LogP contribution in [0.15, 0.2) is 30.3 Å². The summed E-state index contributed by atoms with van der Waals surface area (Å²) in [5.74, 6) is -0.332. The molecule has 19 heavy (non-hydrogen) atoms. The number of rotatable bonds is 5. The second-order valence-electron chi connectivity index (χ2n) is 4.33. The highest BCUT2D eigenvalue weighted by Crippen LogP contribution is 2.24. The molecule has 5 nitrogen and oxygen atoms in total. The van der Waals surface area contributed by atoms with Crippen molar-refractivity contribution in [2.75, 3.05) is 0 Å². The fourth-order valence-electron chi connectivity index (χ4n) is 1.94. The van der Waals surface area contributed by atoms with Crippen molar-refractivity contribution < 1.29 is 14.6 Å². The summed E-state index contributed by atoms with van der Waals surface area (Å²) in [6.07, 6.45) is -0.0958. The third kappa shape index (κ3) is 3.13. The molecule has 0 bridgehead atoms. The molecule has 1 heterocycles. The summed E-state index contributed by atoms with van der Waals surface area (Å²) in [5, 5.41) is 13.1. The van der Waals surface area contributed by atoms with Gasteiger partial charge in [-0.3, -0.25) is 9.48 Å². The van der Waals surface area contributed by atoms with Crippen molar-refractivity contribution in [2.24, 2.45) is 7.05 Å². The number of benzene rings is 1. The van der Waals surface area contributed by atoms with Gasteiger partial charge in [0.05, 0.1) is 12.1 Å². The molecule has 2 aromatic rings. The minimum absolute atomic E-state index is 0.0958. The van der Waals surface area contributed by atoms with Crippen molar-refractivity contribution >= 4 is 5.97 Å². The summed E-state index contributed by atoms with van der Waals surface area (Å²) in [7, 11) is 1.72. The van der Waals surface area contributed by atoms with Crippen LogP contribution in [0.25, 0.3) is 0 Å². The number of carbonyl (C=O) groups is 1. The molecule has 0 atom stereocenters. The van der Waals surface area contributed by atoms with Gasteiger partial charge in [-0.15, -0.1) is 0 Å². The van der Waals surface area contributed by atoms with Gasteiger partial charge in [-0.1, -0.05) is 30.3 Å². The maximum Gasteiger partial charge on any atom is 0.309 e. The van der Waals surface area contributed by atoms with E-state index < -0.39 is 5.97 Å². The molecule has 0 saturated carbocycles. The Kier molecular flexibility index (Phi) is 3.85. The van der Waals surface area contributed by atoms with Crippen molar-refractivity contribution in [3.8, 4) is 5.75 Å². The zero-order valence-corrected chi connectivity index (χ0v) is 11.0. The molecule has 0 aliphatic carbocycles. The zero-order chi connectivity index (χ0) is 13.8. The number of nitrogens with zero attached hydrogens (tertiary/aromatic N) is 2. The maximum atomic E-state index is 10.9. The van der Waals surface area contributed by atoms with E-state index in [1.807, 2.05) is 37.3 Å². The summed E-state index contributed by atoms with van der Waals surface area (Å²) in [6, 6.07) is 9.74. The van der Waals surface area contributed by atoms with Gasteiger partial charge in [0.1, 0.15) is 12.3 Å². The van der Waals surface area contributed by atoms with Gasteiger partial charge in [-0.05, 0) is 12.5 Å². The Morgan fingerprint density at radius 1 is 1.37 bits per heavy atom. The monoisotopic (exact) mass is 260 g/mol. The molecule has 0 radical (unpaired) electrons. The predicted octanol–water partition coefficient (Wildman–Crippen LogP) is 1.93. The third-order valence-electron chi connectivity index (χ3n) is 2.83. The minimum Gasteiger partial charge on any atom is -0.485 e. The third-order valence-corrected chi connectivity index (χ3v) is 2.83. The SMILES string of the molecule is Cc1nn(C)c(CC(=O)O)c1OCc1ccccc1. The lowest BCUT2D eigenvalue weighted by Crippen LogP contribution is -2.08. The van der Waals surface area contributed by atoms with Crippen molar-refractivity contribution in [3.05, 3.63) is 47.3 Å². The summed E-state index contributed by atoms with van der Waals surface area (Å²) in [4.78, 5) is 10.9. The second-order valence-corrected chi connectivity index (χ2v) is 4.33. The molecule has 0 aliphatic rings. The molecule has 0 spiro atoms. The van der Waals surface area contributed by atoms with E-state index in [2.05, 4.69) is 5.10 Å². The zero-order valence-electron chi connectivity index (χ0n) is 11.0. The first-order valence-corrected chi connectivity index (χ1v) is 5.99. The van der Waals surface area contributed by atoms with Gasteiger partial charge in [0, 0.05) is 7.05 Å². The summed E-state index contributed by atoms with van der Waals surface area (Å²) < 4.78 is 7.29. The van der Waals surface area contributed by atoms with Gasteiger partial charge in [-0.25, -0.2) is 0 Å². The van der Waals surface area contributed by atoms with Crippen LogP contribution in [0.2, 0.25) is 0 Å². The van der Waals surface area contributed by atoms with Crippen LogP contribution in [-0.2, 0) is 24.9 Å². The smallest absolute Gasteiger partial charge is 0.309 e. The van der Waals surface area contributed by atoms with Crippen molar-refractivity contribution in [3.63, 3.8) is 0 Å². The van der Waals surface area contributed by atoms with E-state index in [9.17, 15) is 4.79 Å². The first-order valence-electron chi connectivity index (χ1n) is 5.99. The second kappa shape index (κ2) is 5.56. The highest BCUT2D eigenvalue weighted by Gasteiger charge is 2.17. The Morgan fingerprint density at radius 2 is 2.05 bits per heavy atom. The number of carboxylic acid groups (broad SMARTS) is 1. The van der Waals surface area contributed by atoms with E-state index in [4.69, 9.17) is 9.84 Å². The van der Waals surface area contributed by atoms with Gasteiger partial charge < -0.3 is 9.84 Å². The van der Waals surface area contributed by atoms with E-state index in [0.29, 0.717) is 23.7 Å². The minimum atomic E-state index is -0.896. The van der Waals surface area contributed by atoms with Gasteiger partial charge in [0.15, 0.2) is 5.75 Å². The standard InChI is InChI=1S/C14H16N2O3/c1-10-14(12(8-13(17)18)16(2)15-10)19-9-11-6-4-3-5-7-11/h3-7H,8-9H2,1-2H3,(H,17,18). The lowest BCUT2D eigenvalue weighted by atomic mass is 10.2. The molecule has 5 heteroatoms. The maximum absolute atomic E-state index is 10.9. The van der Waals surface area contributed by atoms with Crippen LogP contribution in [-0.4, -0.2) is 20.9 Å². The molecule has 0 aliphatic heterocycles. The van der Waals surface area contributed by atoms with E-state index in [-0.39, 0.29) is 6.42 Å². The molecule has 1 aromatic heterocycles. The number of hydrogen-bond donors (Lipinski definition) is 1. The fourth-order valence-corrected chi connectivity index (χ4v) is 1.94. The van der Waals surface area contributed by atoms with Gasteiger partial charge in [0.25, 0.3) is 0 Å². The fraction of sp³-hybridized carbons (Fsp3) is 0.286.